The molecular weight excluding hydrogens is 354 g/mol. The van der Waals surface area contributed by atoms with Crippen LogP contribution in [-0.4, -0.2) is 67.9 Å². The quantitative estimate of drug-likeness (QED) is 0.812. The van der Waals surface area contributed by atoms with Gasteiger partial charge in [-0.15, -0.1) is 0 Å². The first-order valence-corrected chi connectivity index (χ1v) is 9.77. The number of morpholine rings is 2. The predicted octanol–water partition coefficient (Wildman–Crippen LogP) is 2.20. The summed E-state index contributed by atoms with van der Waals surface area (Å²) in [6.45, 7) is 7.52. The molecule has 142 valence electrons. The van der Waals surface area contributed by atoms with Crippen molar-refractivity contribution in [1.82, 2.24) is 15.1 Å². The number of nitrogens with zero attached hydrogens (tertiary/aromatic N) is 2. The number of halogens is 1. The monoisotopic (exact) mass is 379 g/mol. The number of ether oxygens (including phenoxy) is 2. The third kappa shape index (κ3) is 3.69. The number of urea groups is 1. The van der Waals surface area contributed by atoms with Gasteiger partial charge < -0.3 is 24.6 Å². The van der Waals surface area contributed by atoms with Gasteiger partial charge in [0.15, 0.2) is 0 Å². The Balaban J connectivity index is 1.56. The van der Waals surface area contributed by atoms with Gasteiger partial charge in [-0.25, -0.2) is 4.79 Å². The molecule has 2 atom stereocenters. The summed E-state index contributed by atoms with van der Waals surface area (Å²) in [4.78, 5) is 16.9. The van der Waals surface area contributed by atoms with E-state index < -0.39 is 0 Å². The Labute approximate surface area is 159 Å². The number of benzene rings is 1. The van der Waals surface area contributed by atoms with Crippen molar-refractivity contribution in [2.45, 2.75) is 32.0 Å². The second-order valence-corrected chi connectivity index (χ2v) is 7.73. The number of carbonyl (C=O) groups excluding carboxylic acids is 1. The van der Waals surface area contributed by atoms with Crippen molar-refractivity contribution in [1.29, 1.82) is 0 Å². The Kier molecular flexibility index (Phi) is 5.36. The highest BCUT2D eigenvalue weighted by Crippen LogP contribution is 2.32. The molecule has 0 aromatic heterocycles. The molecule has 2 fully saturated rings. The Morgan fingerprint density at radius 2 is 2.15 bits per heavy atom. The molecule has 7 heteroatoms. The van der Waals surface area contributed by atoms with Crippen molar-refractivity contribution in [3.63, 3.8) is 0 Å². The van der Waals surface area contributed by atoms with Crippen LogP contribution in [0.2, 0.25) is 5.02 Å². The van der Waals surface area contributed by atoms with Gasteiger partial charge in [-0.05, 0) is 42.2 Å². The smallest absolute Gasteiger partial charge is 0.320 e. The molecule has 3 aliphatic rings. The maximum atomic E-state index is 13.0. The molecular formula is C19H26ClN3O3. The Hall–Kier alpha value is -1.34. The summed E-state index contributed by atoms with van der Waals surface area (Å²) in [6, 6.07) is 4.31. The van der Waals surface area contributed by atoms with Crippen LogP contribution in [0.15, 0.2) is 12.1 Å². The fourth-order valence-corrected chi connectivity index (χ4v) is 4.34. The van der Waals surface area contributed by atoms with Crippen molar-refractivity contribution >= 4 is 17.6 Å². The molecule has 3 heterocycles. The maximum Gasteiger partial charge on any atom is 0.320 e. The zero-order chi connectivity index (χ0) is 18.1. The topological polar surface area (TPSA) is 54.0 Å². The summed E-state index contributed by atoms with van der Waals surface area (Å²) < 4.78 is 11.2. The van der Waals surface area contributed by atoms with E-state index in [1.54, 1.807) is 0 Å². The van der Waals surface area contributed by atoms with E-state index in [9.17, 15) is 4.79 Å². The van der Waals surface area contributed by atoms with Crippen LogP contribution >= 0.6 is 11.6 Å². The molecule has 1 aromatic rings. The van der Waals surface area contributed by atoms with E-state index in [1.807, 2.05) is 28.9 Å². The Bertz CT molecular complexity index is 678. The van der Waals surface area contributed by atoms with Crippen molar-refractivity contribution in [2.24, 2.45) is 0 Å². The second kappa shape index (κ2) is 7.72. The second-order valence-electron chi connectivity index (χ2n) is 7.30. The summed E-state index contributed by atoms with van der Waals surface area (Å²) >= 11 is 6.37. The summed E-state index contributed by atoms with van der Waals surface area (Å²) in [5.74, 6) is 0. The molecule has 2 saturated heterocycles. The summed E-state index contributed by atoms with van der Waals surface area (Å²) in [5.41, 5.74) is 3.64. The van der Waals surface area contributed by atoms with Crippen LogP contribution in [0.4, 0.5) is 4.79 Å². The molecule has 6 nitrogen and oxygen atoms in total. The summed E-state index contributed by atoms with van der Waals surface area (Å²) in [5, 5.41) is 4.27. The van der Waals surface area contributed by atoms with E-state index in [0.717, 1.165) is 31.1 Å². The largest absolute Gasteiger partial charge is 0.378 e. The number of hydrogen-bond donors (Lipinski definition) is 1. The lowest BCUT2D eigenvalue weighted by Gasteiger charge is -2.38. The third-order valence-electron chi connectivity index (χ3n) is 5.42. The number of fused-ring (bicyclic) bond motifs is 1. The van der Waals surface area contributed by atoms with E-state index in [1.165, 1.54) is 16.7 Å². The molecule has 0 saturated carbocycles. The number of carbonyl (C=O) groups is 1. The molecule has 4 rings (SSSR count). The van der Waals surface area contributed by atoms with E-state index in [-0.39, 0.29) is 18.2 Å². The number of nitrogens with one attached hydrogen (secondary N) is 1. The van der Waals surface area contributed by atoms with Gasteiger partial charge in [0.05, 0.1) is 32.0 Å². The Morgan fingerprint density at radius 1 is 1.27 bits per heavy atom. The first-order chi connectivity index (χ1) is 12.6. The lowest BCUT2D eigenvalue weighted by atomic mass is 9.91. The normalized spacial score (nSPS) is 26.5. The molecule has 0 radical (unpaired) electrons. The zero-order valence-corrected chi connectivity index (χ0v) is 15.9. The van der Waals surface area contributed by atoms with Crippen molar-refractivity contribution < 1.29 is 14.3 Å². The molecule has 26 heavy (non-hydrogen) atoms. The fourth-order valence-electron chi connectivity index (χ4n) is 4.09. The van der Waals surface area contributed by atoms with Crippen LogP contribution in [0, 0.1) is 0 Å². The summed E-state index contributed by atoms with van der Waals surface area (Å²) in [7, 11) is 0. The van der Waals surface area contributed by atoms with E-state index >= 15 is 0 Å². The van der Waals surface area contributed by atoms with E-state index in [0.29, 0.717) is 32.8 Å². The number of hydrogen-bond acceptors (Lipinski definition) is 4. The van der Waals surface area contributed by atoms with Gasteiger partial charge in [-0.3, -0.25) is 0 Å². The van der Waals surface area contributed by atoms with Gasteiger partial charge in [0, 0.05) is 37.7 Å². The minimum atomic E-state index is 0.0998. The highest BCUT2D eigenvalue weighted by Gasteiger charge is 2.30. The van der Waals surface area contributed by atoms with Crippen molar-refractivity contribution in [2.75, 3.05) is 46.0 Å². The predicted molar refractivity (Wildman–Crippen MR) is 99.5 cm³/mol. The minimum Gasteiger partial charge on any atom is -0.378 e. The van der Waals surface area contributed by atoms with Gasteiger partial charge in [-0.1, -0.05) is 11.6 Å². The van der Waals surface area contributed by atoms with Crippen LogP contribution in [0.1, 0.15) is 29.7 Å². The minimum absolute atomic E-state index is 0.0998. The molecule has 0 bridgehead atoms. The van der Waals surface area contributed by atoms with Crippen LogP contribution in [0.25, 0.3) is 0 Å². The van der Waals surface area contributed by atoms with Gasteiger partial charge in [0.1, 0.15) is 0 Å². The van der Waals surface area contributed by atoms with Gasteiger partial charge >= 0.3 is 6.03 Å². The average molecular weight is 380 g/mol. The highest BCUT2D eigenvalue weighted by molar-refractivity contribution is 6.30. The van der Waals surface area contributed by atoms with Crippen molar-refractivity contribution in [3.05, 3.63) is 33.8 Å². The third-order valence-corrected chi connectivity index (χ3v) is 5.64. The molecule has 2 amide bonds. The molecule has 1 N–H and O–H groups in total. The number of rotatable bonds is 1. The molecule has 1 aromatic carbocycles. The van der Waals surface area contributed by atoms with Gasteiger partial charge in [0.2, 0.25) is 0 Å². The summed E-state index contributed by atoms with van der Waals surface area (Å²) in [6.07, 6.45) is 0.935. The van der Waals surface area contributed by atoms with Gasteiger partial charge in [-0.2, -0.15) is 0 Å². The van der Waals surface area contributed by atoms with Crippen molar-refractivity contribution in [3.8, 4) is 0 Å². The lowest BCUT2D eigenvalue weighted by molar-refractivity contribution is -0.00977. The number of amides is 2. The molecule has 0 spiro atoms. The average Bonchev–Trinajstić information content (AvgIpc) is 2.67. The van der Waals surface area contributed by atoms with Crippen LogP contribution in [0.3, 0.4) is 0 Å². The first-order valence-electron chi connectivity index (χ1n) is 9.39. The highest BCUT2D eigenvalue weighted by atomic mass is 35.5. The van der Waals surface area contributed by atoms with Gasteiger partial charge in [0.25, 0.3) is 0 Å². The van der Waals surface area contributed by atoms with E-state index in [4.69, 9.17) is 21.1 Å². The SMILES string of the molecule is C[C@@H]1CN(C(=O)N2CCc3cc(Cl)cc([C@@H]4COCCN4)c3C2)CCO1. The zero-order valence-electron chi connectivity index (χ0n) is 15.2. The fraction of sp³-hybridized carbons (Fsp3) is 0.632. The standard InChI is InChI=1S/C19H26ClN3O3/c1-13-10-23(5-7-26-13)19(24)22-4-2-14-8-15(20)9-16(17(14)11-22)18-12-25-6-3-21-18/h8-9,13,18,21H,2-7,10-12H2,1H3/t13-,18+/m1/s1. The first kappa shape index (κ1) is 18.0. The molecule has 0 aliphatic carbocycles. The van der Waals surface area contributed by atoms with Crippen LogP contribution in [-0.2, 0) is 22.4 Å². The molecule has 0 unspecified atom stereocenters. The Morgan fingerprint density at radius 3 is 2.92 bits per heavy atom. The maximum absolute atomic E-state index is 13.0. The lowest BCUT2D eigenvalue weighted by Crippen LogP contribution is -2.51. The van der Waals surface area contributed by atoms with E-state index in [2.05, 4.69) is 5.32 Å². The van der Waals surface area contributed by atoms with Crippen LogP contribution < -0.4 is 5.32 Å². The van der Waals surface area contributed by atoms with Crippen LogP contribution in [0.5, 0.6) is 0 Å². The molecule has 3 aliphatic heterocycles.